The number of rotatable bonds is 9. The van der Waals surface area contributed by atoms with Crippen molar-refractivity contribution in [2.24, 2.45) is 5.92 Å². The third-order valence-electron chi connectivity index (χ3n) is 5.08. The molecule has 0 spiro atoms. The molecule has 0 radical (unpaired) electrons. The van der Waals surface area contributed by atoms with Crippen LogP contribution >= 0.6 is 15.9 Å². The molecule has 5 heteroatoms. The van der Waals surface area contributed by atoms with Gasteiger partial charge in [0.1, 0.15) is 6.29 Å². The predicted molar refractivity (Wildman–Crippen MR) is 119 cm³/mol. The number of carbonyl (C=O) groups is 2. The van der Waals surface area contributed by atoms with Gasteiger partial charge in [-0.1, -0.05) is 46.3 Å². The largest absolute Gasteiger partial charge is 0.348 e. The highest BCUT2D eigenvalue weighted by atomic mass is 79.9. The maximum Gasteiger partial charge on any atom is 0.180 e. The molecule has 1 atom stereocenters. The summed E-state index contributed by atoms with van der Waals surface area (Å²) in [6.07, 6.45) is 8.97. The average molecular weight is 454 g/mol. The Balaban J connectivity index is 1.69. The van der Waals surface area contributed by atoms with E-state index in [2.05, 4.69) is 28.1 Å². The second kappa shape index (κ2) is 9.81. The fourth-order valence-electron chi connectivity index (χ4n) is 3.22. The first kappa shape index (κ1) is 21.2. The predicted octanol–water partition coefficient (Wildman–Crippen LogP) is 4.74. The van der Waals surface area contributed by atoms with E-state index in [0.29, 0.717) is 6.42 Å². The number of hydrogen-bond acceptors (Lipinski definition) is 4. The van der Waals surface area contributed by atoms with Crippen LogP contribution in [-0.2, 0) is 20.7 Å². The van der Waals surface area contributed by atoms with Crippen LogP contribution in [-0.4, -0.2) is 31.4 Å². The van der Waals surface area contributed by atoms with Crippen LogP contribution in [0.15, 0.2) is 83.4 Å². The lowest BCUT2D eigenvalue weighted by atomic mass is 10.00. The van der Waals surface area contributed by atoms with Gasteiger partial charge >= 0.3 is 0 Å². The maximum atomic E-state index is 11.7. The molecule has 0 aromatic heterocycles. The van der Waals surface area contributed by atoms with E-state index in [1.54, 1.807) is 12.2 Å². The lowest BCUT2D eigenvalue weighted by Crippen LogP contribution is -2.48. The number of halogens is 1. The van der Waals surface area contributed by atoms with E-state index >= 15 is 0 Å². The number of ether oxygens (including phenoxy) is 1. The Hall–Kier alpha value is -2.50. The zero-order chi connectivity index (χ0) is 20.7. The van der Waals surface area contributed by atoms with E-state index in [1.807, 2.05) is 54.4 Å². The highest BCUT2D eigenvalue weighted by Crippen LogP contribution is 2.29. The van der Waals surface area contributed by atoms with Crippen molar-refractivity contribution < 1.29 is 14.3 Å². The normalized spacial score (nSPS) is 15.9. The molecule has 4 nitrogen and oxygen atoms in total. The van der Waals surface area contributed by atoms with Crippen molar-refractivity contribution in [3.63, 3.8) is 0 Å². The fraction of sp³-hybridized carbons (Fsp3) is 0.250. The smallest absolute Gasteiger partial charge is 0.180 e. The van der Waals surface area contributed by atoms with Crippen molar-refractivity contribution in [1.82, 2.24) is 0 Å². The summed E-state index contributed by atoms with van der Waals surface area (Å²) in [6.45, 7) is 0.264. The molecule has 0 fully saturated rings. The van der Waals surface area contributed by atoms with Crippen LogP contribution in [0.5, 0.6) is 0 Å². The summed E-state index contributed by atoms with van der Waals surface area (Å²) in [5.74, 6) is -0.313. The van der Waals surface area contributed by atoms with Gasteiger partial charge in [-0.15, -0.1) is 0 Å². The van der Waals surface area contributed by atoms with E-state index < -0.39 is 5.72 Å². The Morgan fingerprint density at radius 1 is 1.07 bits per heavy atom. The molecular formula is C24H24BrNO3. The topological polar surface area (TPSA) is 46.6 Å². The molecule has 0 saturated heterocycles. The van der Waals surface area contributed by atoms with Gasteiger partial charge in [0.15, 0.2) is 11.5 Å². The number of para-hydroxylation sites is 1. The molecule has 3 rings (SSSR count). The lowest BCUT2D eigenvalue weighted by molar-refractivity contribution is -0.115. The Labute approximate surface area is 180 Å². The number of likely N-dealkylation sites (N-methyl/N-ethyl adjacent to an activating group) is 1. The summed E-state index contributed by atoms with van der Waals surface area (Å²) < 4.78 is 7.29. The number of ketones is 1. The van der Waals surface area contributed by atoms with Crippen LogP contribution in [0, 0.1) is 5.92 Å². The van der Waals surface area contributed by atoms with Crippen LogP contribution in [0.4, 0.5) is 5.69 Å². The number of nitrogens with zero attached hydrogens (tertiary/aromatic N) is 1. The first-order chi connectivity index (χ1) is 14.0. The van der Waals surface area contributed by atoms with Crippen molar-refractivity contribution in [1.29, 1.82) is 0 Å². The van der Waals surface area contributed by atoms with Gasteiger partial charge in [-0.2, -0.15) is 0 Å². The number of aryl methyl sites for hydroxylation is 1. The average Bonchev–Trinajstić information content (AvgIpc) is 2.76. The molecule has 0 saturated carbocycles. The summed E-state index contributed by atoms with van der Waals surface area (Å²) >= 11 is 3.43. The molecule has 150 valence electrons. The molecule has 1 aliphatic carbocycles. The zero-order valence-electron chi connectivity index (χ0n) is 16.3. The van der Waals surface area contributed by atoms with Gasteiger partial charge in [0.05, 0.1) is 6.61 Å². The molecule has 0 bridgehead atoms. The van der Waals surface area contributed by atoms with E-state index in [4.69, 9.17) is 4.74 Å². The highest BCUT2D eigenvalue weighted by molar-refractivity contribution is 9.10. The molecule has 0 N–H and O–H groups in total. The van der Waals surface area contributed by atoms with Gasteiger partial charge in [0.25, 0.3) is 0 Å². The number of benzene rings is 2. The molecule has 0 aliphatic heterocycles. The standard InChI is InChI=1S/C24H24BrNO3/c1-26(22-5-3-2-4-6-22)24(15-13-23(28)14-16-24)29-18-20(17-27)8-7-19-9-11-21(25)12-10-19/h2-6,9-17,20H,7-8,18H2,1H3. The van der Waals surface area contributed by atoms with Crippen molar-refractivity contribution in [2.45, 2.75) is 18.6 Å². The molecule has 0 amide bonds. The van der Waals surface area contributed by atoms with Crippen LogP contribution in [0.25, 0.3) is 0 Å². The first-order valence-corrected chi connectivity index (χ1v) is 10.4. The number of allylic oxidation sites excluding steroid dienone is 2. The minimum Gasteiger partial charge on any atom is -0.348 e. The van der Waals surface area contributed by atoms with Crippen molar-refractivity contribution >= 4 is 33.7 Å². The summed E-state index contributed by atoms with van der Waals surface area (Å²) in [7, 11) is 1.91. The number of aldehydes is 1. The van der Waals surface area contributed by atoms with Gasteiger partial charge in [-0.3, -0.25) is 4.79 Å². The maximum absolute atomic E-state index is 11.7. The van der Waals surface area contributed by atoms with Crippen LogP contribution in [0.2, 0.25) is 0 Å². The minimum atomic E-state index is -0.909. The van der Waals surface area contributed by atoms with Gasteiger partial charge < -0.3 is 14.4 Å². The molecular weight excluding hydrogens is 430 g/mol. The number of anilines is 1. The molecule has 1 unspecified atom stereocenters. The SMILES string of the molecule is CN(c1ccccc1)C1(OCC(C=O)CCc2ccc(Br)cc2)C=CC(=O)C=C1. The number of carbonyl (C=O) groups excluding carboxylic acids is 2. The van der Waals surface area contributed by atoms with E-state index in [9.17, 15) is 9.59 Å². The summed E-state index contributed by atoms with van der Waals surface area (Å²) in [4.78, 5) is 25.3. The Bertz CT molecular complexity index is 874. The van der Waals surface area contributed by atoms with Crippen LogP contribution in [0.1, 0.15) is 12.0 Å². The van der Waals surface area contributed by atoms with E-state index in [0.717, 1.165) is 22.9 Å². The summed E-state index contributed by atoms with van der Waals surface area (Å²) in [6, 6.07) is 17.9. The van der Waals surface area contributed by atoms with Gasteiger partial charge in [-0.05, 0) is 67.0 Å². The Kier molecular flexibility index (Phi) is 7.18. The summed E-state index contributed by atoms with van der Waals surface area (Å²) in [5, 5.41) is 0. The van der Waals surface area contributed by atoms with Crippen LogP contribution < -0.4 is 4.90 Å². The van der Waals surface area contributed by atoms with E-state index in [-0.39, 0.29) is 18.3 Å². The molecule has 1 aliphatic rings. The third-order valence-corrected chi connectivity index (χ3v) is 5.61. The zero-order valence-corrected chi connectivity index (χ0v) is 17.9. The first-order valence-electron chi connectivity index (χ1n) is 9.57. The van der Waals surface area contributed by atoms with Gasteiger partial charge in [0, 0.05) is 23.1 Å². The van der Waals surface area contributed by atoms with Crippen molar-refractivity contribution in [3.05, 3.63) is 88.9 Å². The second-order valence-electron chi connectivity index (χ2n) is 7.09. The quantitative estimate of drug-likeness (QED) is 0.406. The van der Waals surface area contributed by atoms with Crippen molar-refractivity contribution in [2.75, 3.05) is 18.6 Å². The second-order valence-corrected chi connectivity index (χ2v) is 8.00. The van der Waals surface area contributed by atoms with Gasteiger partial charge in [-0.25, -0.2) is 0 Å². The Morgan fingerprint density at radius 3 is 2.34 bits per heavy atom. The lowest BCUT2D eigenvalue weighted by Gasteiger charge is -2.40. The highest BCUT2D eigenvalue weighted by Gasteiger charge is 2.33. The molecule has 2 aromatic rings. The van der Waals surface area contributed by atoms with Crippen LogP contribution in [0.3, 0.4) is 0 Å². The summed E-state index contributed by atoms with van der Waals surface area (Å²) in [5.41, 5.74) is 1.22. The molecule has 2 aromatic carbocycles. The van der Waals surface area contributed by atoms with E-state index in [1.165, 1.54) is 17.7 Å². The third kappa shape index (κ3) is 5.52. The minimum absolute atomic E-state index is 0.0761. The fourth-order valence-corrected chi connectivity index (χ4v) is 3.48. The van der Waals surface area contributed by atoms with Crippen molar-refractivity contribution in [3.8, 4) is 0 Å². The molecule has 29 heavy (non-hydrogen) atoms. The monoisotopic (exact) mass is 453 g/mol. The number of hydrogen-bond donors (Lipinski definition) is 0. The molecule has 0 heterocycles. The Morgan fingerprint density at radius 2 is 1.72 bits per heavy atom. The van der Waals surface area contributed by atoms with Gasteiger partial charge in [0.2, 0.25) is 0 Å².